The van der Waals surface area contributed by atoms with Gasteiger partial charge >= 0.3 is 0 Å². The molecule has 7 heteroatoms. The lowest BCUT2D eigenvalue weighted by Gasteiger charge is -2.40. The molecule has 0 saturated heterocycles. The Morgan fingerprint density at radius 3 is 2.54 bits per heavy atom. The predicted molar refractivity (Wildman–Crippen MR) is 111 cm³/mol. The molecule has 144 valence electrons. The molecule has 1 heterocycles. The molecule has 0 radical (unpaired) electrons. The molecule has 0 saturated carbocycles. The third kappa shape index (κ3) is 3.78. The van der Waals surface area contributed by atoms with Gasteiger partial charge in [0.05, 0.1) is 16.7 Å². The van der Waals surface area contributed by atoms with Gasteiger partial charge in [0.25, 0.3) is 11.6 Å². The number of likely N-dealkylation sites (N-methyl/N-ethyl adjacent to an activating group) is 1. The van der Waals surface area contributed by atoms with E-state index in [1.807, 2.05) is 18.2 Å². The molecule has 0 atom stereocenters. The molecule has 2 aromatic carbocycles. The first kappa shape index (κ1) is 19.3. The van der Waals surface area contributed by atoms with Gasteiger partial charge in [-0.05, 0) is 56.2 Å². The molecule has 0 spiro atoms. The zero-order chi connectivity index (χ0) is 20.5. The number of allylic oxidation sites excluding steroid dienone is 1. The number of nitro benzene ring substituents is 1. The van der Waals surface area contributed by atoms with Crippen LogP contribution in [0, 0.1) is 10.1 Å². The number of benzene rings is 2. The number of hydrazone groups is 1. The quantitative estimate of drug-likeness (QED) is 0.495. The van der Waals surface area contributed by atoms with Gasteiger partial charge in [-0.15, -0.1) is 0 Å². The normalized spacial score (nSPS) is 15.1. The lowest BCUT2D eigenvalue weighted by Crippen LogP contribution is -2.42. The smallest absolute Gasteiger partial charge is 0.271 e. The summed E-state index contributed by atoms with van der Waals surface area (Å²) < 4.78 is 0. The van der Waals surface area contributed by atoms with Crippen LogP contribution in [0.15, 0.2) is 53.6 Å². The Kier molecular flexibility index (Phi) is 5.00. The highest BCUT2D eigenvalue weighted by Gasteiger charge is 2.28. The number of fused-ring (bicyclic) bond motifs is 1. The van der Waals surface area contributed by atoms with Crippen LogP contribution in [0.1, 0.15) is 42.3 Å². The van der Waals surface area contributed by atoms with E-state index < -0.39 is 10.8 Å². The maximum Gasteiger partial charge on any atom is 0.271 e. The third-order valence-electron chi connectivity index (χ3n) is 4.96. The van der Waals surface area contributed by atoms with E-state index in [9.17, 15) is 14.9 Å². The van der Waals surface area contributed by atoms with Crippen LogP contribution in [-0.4, -0.2) is 29.6 Å². The molecule has 1 N–H and O–H groups in total. The Labute approximate surface area is 163 Å². The number of carbonyl (C=O) groups excluding carboxylic acids is 1. The van der Waals surface area contributed by atoms with Gasteiger partial charge in [0.2, 0.25) is 0 Å². The molecule has 0 aliphatic carbocycles. The minimum Gasteiger partial charge on any atom is -0.366 e. The summed E-state index contributed by atoms with van der Waals surface area (Å²) in [5.41, 5.74) is 6.98. The van der Waals surface area contributed by atoms with Gasteiger partial charge in [0.15, 0.2) is 0 Å². The molecule has 0 aromatic heterocycles. The second-order valence-corrected chi connectivity index (χ2v) is 7.32. The Morgan fingerprint density at radius 2 is 1.89 bits per heavy atom. The van der Waals surface area contributed by atoms with Crippen molar-refractivity contribution in [1.29, 1.82) is 0 Å². The average molecular weight is 378 g/mol. The maximum atomic E-state index is 12.1. The van der Waals surface area contributed by atoms with E-state index in [1.54, 1.807) is 6.21 Å². The number of non-ortho nitro benzene ring substituents is 1. The van der Waals surface area contributed by atoms with Crippen molar-refractivity contribution in [1.82, 2.24) is 5.43 Å². The number of carbonyl (C=O) groups is 1. The Bertz CT molecular complexity index is 991. The van der Waals surface area contributed by atoms with Gasteiger partial charge in [0, 0.05) is 36.0 Å². The lowest BCUT2D eigenvalue weighted by molar-refractivity contribution is -0.384. The molecule has 2 aromatic rings. The predicted octanol–water partition coefficient (Wildman–Crippen LogP) is 3.99. The third-order valence-corrected chi connectivity index (χ3v) is 4.96. The van der Waals surface area contributed by atoms with Crippen molar-refractivity contribution in [2.75, 3.05) is 11.9 Å². The molecule has 1 aliphatic rings. The Morgan fingerprint density at radius 1 is 1.21 bits per heavy atom. The van der Waals surface area contributed by atoms with E-state index in [4.69, 9.17) is 0 Å². The van der Waals surface area contributed by atoms with Crippen molar-refractivity contribution < 1.29 is 9.72 Å². The molecular weight excluding hydrogens is 356 g/mol. The van der Waals surface area contributed by atoms with Gasteiger partial charge in [-0.2, -0.15) is 5.10 Å². The molecule has 1 aliphatic heterocycles. The summed E-state index contributed by atoms with van der Waals surface area (Å²) >= 11 is 0. The van der Waals surface area contributed by atoms with E-state index in [-0.39, 0.29) is 11.2 Å². The van der Waals surface area contributed by atoms with Crippen molar-refractivity contribution in [3.05, 3.63) is 75.3 Å². The van der Waals surface area contributed by atoms with Gasteiger partial charge in [-0.25, -0.2) is 5.43 Å². The zero-order valence-corrected chi connectivity index (χ0v) is 16.3. The second-order valence-electron chi connectivity index (χ2n) is 7.32. The van der Waals surface area contributed by atoms with Gasteiger partial charge in [-0.1, -0.05) is 12.1 Å². The molecule has 0 fully saturated rings. The molecule has 7 nitrogen and oxygen atoms in total. The molecule has 0 bridgehead atoms. The van der Waals surface area contributed by atoms with E-state index >= 15 is 0 Å². The molecule has 1 amide bonds. The Hall–Kier alpha value is -3.48. The summed E-state index contributed by atoms with van der Waals surface area (Å²) in [4.78, 5) is 24.5. The fourth-order valence-electron chi connectivity index (χ4n) is 3.22. The number of nitro groups is 1. The van der Waals surface area contributed by atoms with Crippen LogP contribution >= 0.6 is 0 Å². The van der Waals surface area contributed by atoms with Crippen molar-refractivity contribution in [3.8, 4) is 0 Å². The molecule has 0 unspecified atom stereocenters. The molecule has 28 heavy (non-hydrogen) atoms. The minimum absolute atomic E-state index is 0.0502. The SMILES string of the molecule is CC1=CC(C)(C)N(C)c2ccc(/C=N/NC(=O)c3ccc([N+](=O)[O-])cc3)cc21. The van der Waals surface area contributed by atoms with Crippen LogP contribution in [0.2, 0.25) is 0 Å². The highest BCUT2D eigenvalue weighted by Crippen LogP contribution is 2.37. The number of anilines is 1. The number of rotatable bonds is 4. The number of hydrogen-bond acceptors (Lipinski definition) is 5. The summed E-state index contributed by atoms with van der Waals surface area (Å²) in [5, 5.41) is 14.7. The van der Waals surface area contributed by atoms with Crippen molar-refractivity contribution >= 4 is 29.1 Å². The fourth-order valence-corrected chi connectivity index (χ4v) is 3.22. The van der Waals surface area contributed by atoms with Crippen molar-refractivity contribution in [2.24, 2.45) is 5.10 Å². The summed E-state index contributed by atoms with van der Waals surface area (Å²) in [6, 6.07) is 11.4. The minimum atomic E-state index is -0.509. The van der Waals surface area contributed by atoms with Gasteiger partial charge in [-0.3, -0.25) is 14.9 Å². The van der Waals surface area contributed by atoms with Crippen LogP contribution in [-0.2, 0) is 0 Å². The second kappa shape index (κ2) is 7.26. The number of hydrogen-bond donors (Lipinski definition) is 1. The lowest BCUT2D eigenvalue weighted by atomic mass is 9.89. The fraction of sp³-hybridized carbons (Fsp3) is 0.238. The van der Waals surface area contributed by atoms with E-state index in [0.29, 0.717) is 5.56 Å². The van der Waals surface area contributed by atoms with Crippen LogP contribution < -0.4 is 10.3 Å². The van der Waals surface area contributed by atoms with Gasteiger partial charge in [0.1, 0.15) is 0 Å². The largest absolute Gasteiger partial charge is 0.366 e. The standard InChI is InChI=1S/C21H22N4O3/c1-14-12-21(2,3)24(4)19-10-5-15(11-18(14)19)13-22-23-20(26)16-6-8-17(9-7-16)25(27)28/h5-13H,1-4H3,(H,23,26)/b22-13+. The Balaban J connectivity index is 1.72. The highest BCUT2D eigenvalue weighted by atomic mass is 16.6. The van der Waals surface area contributed by atoms with Crippen LogP contribution in [0.5, 0.6) is 0 Å². The average Bonchev–Trinajstić information content (AvgIpc) is 2.66. The number of amides is 1. The van der Waals surface area contributed by atoms with E-state index in [1.165, 1.54) is 29.8 Å². The topological polar surface area (TPSA) is 87.8 Å². The maximum absolute atomic E-state index is 12.1. The van der Waals surface area contributed by atoms with E-state index in [2.05, 4.69) is 49.3 Å². The van der Waals surface area contributed by atoms with Crippen molar-refractivity contribution in [3.63, 3.8) is 0 Å². The summed E-state index contributed by atoms with van der Waals surface area (Å²) in [7, 11) is 2.07. The number of nitrogens with one attached hydrogen (secondary N) is 1. The van der Waals surface area contributed by atoms with E-state index in [0.717, 1.165) is 16.8 Å². The zero-order valence-electron chi connectivity index (χ0n) is 16.3. The molecule has 3 rings (SSSR count). The highest BCUT2D eigenvalue weighted by molar-refractivity contribution is 5.95. The van der Waals surface area contributed by atoms with Crippen LogP contribution in [0.25, 0.3) is 5.57 Å². The van der Waals surface area contributed by atoms with Crippen LogP contribution in [0.3, 0.4) is 0 Å². The van der Waals surface area contributed by atoms with Gasteiger partial charge < -0.3 is 4.90 Å². The van der Waals surface area contributed by atoms with Crippen molar-refractivity contribution in [2.45, 2.75) is 26.3 Å². The first-order chi connectivity index (χ1) is 13.2. The first-order valence-corrected chi connectivity index (χ1v) is 8.84. The monoisotopic (exact) mass is 378 g/mol. The first-order valence-electron chi connectivity index (χ1n) is 8.84. The summed E-state index contributed by atoms with van der Waals surface area (Å²) in [5.74, 6) is -0.429. The number of nitrogens with zero attached hydrogens (tertiary/aromatic N) is 3. The molecular formula is C21H22N4O3. The summed E-state index contributed by atoms with van der Waals surface area (Å²) in [6.45, 7) is 6.43. The van der Waals surface area contributed by atoms with Crippen LogP contribution in [0.4, 0.5) is 11.4 Å². The summed E-state index contributed by atoms with van der Waals surface area (Å²) in [6.07, 6.45) is 3.81.